The Morgan fingerprint density at radius 1 is 0.951 bits per heavy atom. The highest BCUT2D eigenvalue weighted by Gasteiger charge is 2.31. The number of carbonyl (C=O) groups is 1. The topological polar surface area (TPSA) is 69.3 Å². The molecule has 0 spiro atoms. The Morgan fingerprint density at radius 2 is 1.63 bits per heavy atom. The molecule has 0 saturated heterocycles. The van der Waals surface area contributed by atoms with E-state index in [2.05, 4.69) is 4.98 Å². The van der Waals surface area contributed by atoms with Gasteiger partial charge in [0.05, 0.1) is 34.6 Å². The third kappa shape index (κ3) is 6.01. The second kappa shape index (κ2) is 11.3. The van der Waals surface area contributed by atoms with Gasteiger partial charge in [0.1, 0.15) is 18.2 Å². The first-order valence-electron chi connectivity index (χ1n) is 12.8. The smallest absolute Gasteiger partial charge is 0.322 e. The van der Waals surface area contributed by atoms with Gasteiger partial charge in [-0.2, -0.15) is 13.2 Å². The van der Waals surface area contributed by atoms with Crippen molar-refractivity contribution in [1.82, 2.24) is 14.5 Å². The van der Waals surface area contributed by atoms with E-state index in [0.29, 0.717) is 27.8 Å². The van der Waals surface area contributed by atoms with Crippen LogP contribution >= 0.6 is 0 Å². The lowest BCUT2D eigenvalue weighted by atomic mass is 10.1. The first-order valence-corrected chi connectivity index (χ1v) is 12.8. The number of hydrogen-bond donors (Lipinski definition) is 0. The number of nitrogens with zero attached hydrogens (tertiary/aromatic N) is 3. The van der Waals surface area contributed by atoms with E-state index < -0.39 is 23.6 Å². The molecule has 0 aliphatic carbocycles. The largest absolute Gasteiger partial charge is 0.416 e. The van der Waals surface area contributed by atoms with Crippen LogP contribution in [0, 0.1) is 5.82 Å². The molecule has 0 aliphatic heterocycles. The summed E-state index contributed by atoms with van der Waals surface area (Å²) < 4.78 is 54.3. The molecule has 41 heavy (non-hydrogen) atoms. The summed E-state index contributed by atoms with van der Waals surface area (Å²) >= 11 is 0. The molecule has 0 unspecified atom stereocenters. The van der Waals surface area contributed by atoms with Crippen LogP contribution in [0.4, 0.5) is 17.6 Å². The van der Waals surface area contributed by atoms with Gasteiger partial charge in [0, 0.05) is 12.1 Å². The zero-order valence-electron chi connectivity index (χ0n) is 21.9. The highest BCUT2D eigenvalue weighted by Crippen LogP contribution is 2.30. The Kier molecular flexibility index (Phi) is 7.65. The average Bonchev–Trinajstić information content (AvgIpc) is 2.96. The van der Waals surface area contributed by atoms with E-state index in [9.17, 15) is 27.2 Å². The number of rotatable bonds is 7. The van der Waals surface area contributed by atoms with Crippen LogP contribution in [0.3, 0.4) is 0 Å². The molecular weight excluding hydrogens is 536 g/mol. The van der Waals surface area contributed by atoms with Gasteiger partial charge in [0.25, 0.3) is 5.56 Å². The predicted octanol–water partition coefficient (Wildman–Crippen LogP) is 5.69. The van der Waals surface area contributed by atoms with Crippen molar-refractivity contribution in [2.75, 3.05) is 0 Å². The highest BCUT2D eigenvalue weighted by molar-refractivity contribution is 5.80. The van der Waals surface area contributed by atoms with Crippen molar-refractivity contribution in [2.24, 2.45) is 0 Å². The number of alkyl halides is 3. The Hall–Kier alpha value is -4.86. The van der Waals surface area contributed by atoms with Crippen LogP contribution in [0.25, 0.3) is 16.6 Å². The van der Waals surface area contributed by atoms with Gasteiger partial charge in [-0.3, -0.25) is 14.2 Å². The monoisotopic (exact) mass is 561 g/mol. The van der Waals surface area contributed by atoms with Crippen LogP contribution in [0.2, 0.25) is 0 Å². The molecule has 0 saturated carbocycles. The second-order valence-corrected chi connectivity index (χ2v) is 9.56. The number of carbonyl (C=O) groups excluding carboxylic acids is 1. The maximum atomic E-state index is 13.8. The Balaban J connectivity index is 1.59. The van der Waals surface area contributed by atoms with Crippen molar-refractivity contribution < 1.29 is 27.3 Å². The van der Waals surface area contributed by atoms with E-state index >= 15 is 0 Å². The first-order chi connectivity index (χ1) is 19.6. The number of fused-ring (bicyclic) bond motifs is 1. The van der Waals surface area contributed by atoms with Crippen LogP contribution in [-0.2, 0) is 23.9 Å². The lowest BCUT2D eigenvalue weighted by Crippen LogP contribution is -2.39. The molecule has 5 rings (SSSR count). The fourth-order valence-corrected chi connectivity index (χ4v) is 4.65. The van der Waals surface area contributed by atoms with Gasteiger partial charge < -0.3 is 4.90 Å². The van der Waals surface area contributed by atoms with Crippen molar-refractivity contribution in [1.29, 1.82) is 0 Å². The van der Waals surface area contributed by atoms with E-state index in [1.807, 2.05) is 0 Å². The van der Waals surface area contributed by atoms with E-state index in [4.69, 9.17) is 4.98 Å². The first kappa shape index (κ1) is 27.7. The number of benzene rings is 3. The molecule has 2 heterocycles. The van der Waals surface area contributed by atoms with Gasteiger partial charge in [0.15, 0.2) is 11.9 Å². The van der Waals surface area contributed by atoms with Crippen molar-refractivity contribution in [3.05, 3.63) is 136 Å². The van der Waals surface area contributed by atoms with Crippen molar-refractivity contribution in [3.63, 3.8) is 0 Å². The summed E-state index contributed by atoms with van der Waals surface area (Å²) in [6.07, 6.45) is -2.96. The second-order valence-electron chi connectivity index (χ2n) is 9.56. The van der Waals surface area contributed by atoms with Gasteiger partial charge in [-0.15, -0.1) is 0 Å². The fraction of sp³-hybridized carbons (Fsp3) is 0.161. The van der Waals surface area contributed by atoms with E-state index in [0.717, 1.165) is 12.1 Å². The molecule has 0 bridgehead atoms. The molecule has 0 aliphatic rings. The summed E-state index contributed by atoms with van der Waals surface area (Å²) in [5.74, 6) is -0.613. The normalized spacial score (nSPS) is 12.3. The molecule has 208 valence electrons. The molecule has 10 heteroatoms. The molecule has 0 radical (unpaired) electrons. The Labute approximate surface area is 232 Å². The molecule has 1 amide bonds. The number of pyridine rings is 1. The van der Waals surface area contributed by atoms with Crippen LogP contribution in [0.15, 0.2) is 102 Å². The number of hydrogen-bond acceptors (Lipinski definition) is 3. The number of aromatic nitrogens is 3. The summed E-state index contributed by atoms with van der Waals surface area (Å²) in [7, 11) is 0. The summed E-state index contributed by atoms with van der Waals surface area (Å²) in [5.41, 5.74) is 0.709. The molecule has 6 nitrogen and oxygen atoms in total. The molecule has 3 aromatic carbocycles. The number of halogens is 4. The number of para-hydroxylation sites is 1. The molecule has 1 N–H and O–H groups in total. The van der Waals surface area contributed by atoms with Crippen LogP contribution < -0.4 is 10.5 Å². The number of H-pyrrole nitrogens is 1. The van der Waals surface area contributed by atoms with Crippen molar-refractivity contribution in [2.45, 2.75) is 32.1 Å². The lowest BCUT2D eigenvalue weighted by molar-refractivity contribution is -0.392. The predicted molar refractivity (Wildman–Crippen MR) is 144 cm³/mol. The summed E-state index contributed by atoms with van der Waals surface area (Å²) in [6.45, 7) is 1.83. The molecule has 2 aromatic heterocycles. The molecule has 0 fully saturated rings. The maximum absolute atomic E-state index is 13.8. The van der Waals surface area contributed by atoms with Gasteiger partial charge in [-0.1, -0.05) is 30.3 Å². The molecule has 1 atom stereocenters. The molecule has 5 aromatic rings. The summed E-state index contributed by atoms with van der Waals surface area (Å²) in [5, 5.41) is 0.354. The van der Waals surface area contributed by atoms with E-state index in [1.54, 1.807) is 55.6 Å². The minimum atomic E-state index is -4.49. The third-order valence-corrected chi connectivity index (χ3v) is 6.80. The van der Waals surface area contributed by atoms with Gasteiger partial charge in [-0.05, 0) is 61.0 Å². The number of aromatic amines is 1. The average molecular weight is 562 g/mol. The Bertz CT molecular complexity index is 1740. The minimum absolute atomic E-state index is 0.105. The standard InChI is InChI=1S/C31H24F4N4O2/c1-20(29-37-27-8-3-2-7-26(27)30(41)39(29)25-15-13-23(32)14-16-25)38(19-24-6-4-5-17-36-24)28(40)18-21-9-11-22(12-10-21)31(33,34)35/h2-17,20H,18-19H2,1H3/p+1/t20-/m1/s1. The summed E-state index contributed by atoms with van der Waals surface area (Å²) in [4.78, 5) is 36.9. The van der Waals surface area contributed by atoms with Gasteiger partial charge in [0.2, 0.25) is 5.91 Å². The number of nitrogens with one attached hydrogen (secondary N) is 1. The Morgan fingerprint density at radius 3 is 2.29 bits per heavy atom. The van der Waals surface area contributed by atoms with Gasteiger partial charge in [-0.25, -0.2) is 14.4 Å². The van der Waals surface area contributed by atoms with Crippen molar-refractivity contribution >= 4 is 16.8 Å². The van der Waals surface area contributed by atoms with E-state index in [1.165, 1.54) is 45.9 Å². The van der Waals surface area contributed by atoms with E-state index in [-0.39, 0.29) is 30.3 Å². The maximum Gasteiger partial charge on any atom is 0.416 e. The van der Waals surface area contributed by atoms with Crippen LogP contribution in [0.5, 0.6) is 0 Å². The summed E-state index contributed by atoms with van der Waals surface area (Å²) in [6, 6.07) is 21.3. The molecular formula is C31H25F4N4O2+. The number of amides is 1. The highest BCUT2D eigenvalue weighted by atomic mass is 19.4. The van der Waals surface area contributed by atoms with Gasteiger partial charge >= 0.3 is 6.18 Å². The fourth-order valence-electron chi connectivity index (χ4n) is 4.65. The minimum Gasteiger partial charge on any atom is -0.322 e. The zero-order valence-corrected chi connectivity index (χ0v) is 21.9. The van der Waals surface area contributed by atoms with Crippen LogP contribution in [-0.4, -0.2) is 20.4 Å². The third-order valence-electron chi connectivity index (χ3n) is 6.80. The lowest BCUT2D eigenvalue weighted by Gasteiger charge is -2.29. The SMILES string of the molecule is C[C@H](c1nc2ccccc2c(=O)n1-c1ccc(F)cc1)N(Cc1cccc[nH+]1)C(=O)Cc1ccc(C(F)(F)F)cc1. The van der Waals surface area contributed by atoms with Crippen LogP contribution in [0.1, 0.15) is 35.6 Å². The zero-order chi connectivity index (χ0) is 29.1. The quantitative estimate of drug-likeness (QED) is 0.240. The van der Waals surface area contributed by atoms with Crippen molar-refractivity contribution in [3.8, 4) is 5.69 Å².